The van der Waals surface area contributed by atoms with E-state index in [0.717, 1.165) is 40.7 Å². The second-order valence-electron chi connectivity index (χ2n) is 4.72. The van der Waals surface area contributed by atoms with Gasteiger partial charge in [0.25, 0.3) is 0 Å². The lowest BCUT2D eigenvalue weighted by atomic mass is 9.97. The molecule has 19 heavy (non-hydrogen) atoms. The summed E-state index contributed by atoms with van der Waals surface area (Å²) in [4.78, 5) is 12.9. The van der Waals surface area contributed by atoms with Crippen molar-refractivity contribution in [2.24, 2.45) is 5.73 Å². The first-order valence-electron chi connectivity index (χ1n) is 6.22. The SMILES string of the molecule is NC(=S)c1ccc2c(c1)C(=O)c1ccccc1CC2. The average Bonchev–Trinajstić information content (AvgIpc) is 2.57. The molecule has 0 unspecified atom stereocenters. The summed E-state index contributed by atoms with van der Waals surface area (Å²) in [6, 6.07) is 13.5. The fraction of sp³-hybridized carbons (Fsp3) is 0.125. The van der Waals surface area contributed by atoms with Gasteiger partial charge in [0.2, 0.25) is 0 Å². The molecule has 0 aliphatic heterocycles. The van der Waals surface area contributed by atoms with Gasteiger partial charge in [0.1, 0.15) is 4.99 Å². The number of thiocarbonyl (C=S) groups is 1. The van der Waals surface area contributed by atoms with E-state index in [-0.39, 0.29) is 5.78 Å². The van der Waals surface area contributed by atoms with Crippen LogP contribution in [0.2, 0.25) is 0 Å². The standard InChI is InChI=1S/C16H13NOS/c17-16(19)12-8-7-11-6-5-10-3-1-2-4-13(10)15(18)14(11)9-12/h1-4,7-9H,5-6H2,(H2,17,19). The Labute approximate surface area is 117 Å². The fourth-order valence-electron chi connectivity index (χ4n) is 2.53. The second-order valence-corrected chi connectivity index (χ2v) is 5.16. The van der Waals surface area contributed by atoms with Crippen LogP contribution in [0, 0.1) is 0 Å². The number of benzene rings is 2. The van der Waals surface area contributed by atoms with Crippen LogP contribution < -0.4 is 5.73 Å². The fourth-order valence-corrected chi connectivity index (χ4v) is 2.66. The van der Waals surface area contributed by atoms with Crippen LogP contribution >= 0.6 is 12.2 Å². The van der Waals surface area contributed by atoms with Crippen LogP contribution in [0.1, 0.15) is 32.6 Å². The maximum Gasteiger partial charge on any atom is 0.193 e. The predicted molar refractivity (Wildman–Crippen MR) is 79.6 cm³/mol. The van der Waals surface area contributed by atoms with E-state index in [1.54, 1.807) is 0 Å². The summed E-state index contributed by atoms with van der Waals surface area (Å²) >= 11 is 4.98. The normalized spacial score (nSPS) is 13.4. The molecule has 0 aromatic heterocycles. The van der Waals surface area contributed by atoms with E-state index in [0.29, 0.717) is 4.99 Å². The van der Waals surface area contributed by atoms with Crippen LogP contribution in [0.4, 0.5) is 0 Å². The Hall–Kier alpha value is -2.00. The van der Waals surface area contributed by atoms with Crippen molar-refractivity contribution < 1.29 is 4.79 Å². The lowest BCUT2D eigenvalue weighted by Gasteiger charge is -2.07. The second kappa shape index (κ2) is 4.59. The van der Waals surface area contributed by atoms with E-state index in [4.69, 9.17) is 18.0 Å². The number of carbonyl (C=O) groups is 1. The smallest absolute Gasteiger partial charge is 0.193 e. The van der Waals surface area contributed by atoms with E-state index in [9.17, 15) is 4.79 Å². The third-order valence-electron chi connectivity index (χ3n) is 3.56. The zero-order valence-electron chi connectivity index (χ0n) is 10.3. The summed E-state index contributed by atoms with van der Waals surface area (Å²) in [5, 5.41) is 0. The van der Waals surface area contributed by atoms with Gasteiger partial charge >= 0.3 is 0 Å². The Bertz CT molecular complexity index is 691. The van der Waals surface area contributed by atoms with E-state index in [1.807, 2.05) is 42.5 Å². The summed E-state index contributed by atoms with van der Waals surface area (Å²) in [6.07, 6.45) is 1.76. The van der Waals surface area contributed by atoms with E-state index >= 15 is 0 Å². The highest BCUT2D eigenvalue weighted by Gasteiger charge is 2.21. The van der Waals surface area contributed by atoms with Crippen molar-refractivity contribution in [2.45, 2.75) is 12.8 Å². The molecular formula is C16H13NOS. The minimum Gasteiger partial charge on any atom is -0.389 e. The molecule has 0 radical (unpaired) electrons. The topological polar surface area (TPSA) is 43.1 Å². The van der Waals surface area contributed by atoms with Crippen molar-refractivity contribution in [1.82, 2.24) is 0 Å². The molecule has 3 heteroatoms. The molecule has 1 aliphatic rings. The van der Waals surface area contributed by atoms with Gasteiger partial charge in [-0.25, -0.2) is 0 Å². The summed E-state index contributed by atoms with van der Waals surface area (Å²) < 4.78 is 0. The van der Waals surface area contributed by atoms with Crippen LogP contribution in [0.3, 0.4) is 0 Å². The Morgan fingerprint density at radius 2 is 1.68 bits per heavy atom. The number of aryl methyl sites for hydroxylation is 2. The summed E-state index contributed by atoms with van der Waals surface area (Å²) in [6.45, 7) is 0. The Balaban J connectivity index is 2.18. The zero-order valence-corrected chi connectivity index (χ0v) is 11.2. The van der Waals surface area contributed by atoms with Gasteiger partial charge in [0, 0.05) is 16.7 Å². The lowest BCUT2D eigenvalue weighted by molar-refractivity contribution is 0.103. The van der Waals surface area contributed by atoms with Gasteiger partial charge in [0.05, 0.1) is 0 Å². The molecule has 0 bridgehead atoms. The predicted octanol–water partition coefficient (Wildman–Crippen LogP) is 2.65. The van der Waals surface area contributed by atoms with Crippen molar-refractivity contribution in [3.63, 3.8) is 0 Å². The molecule has 0 fully saturated rings. The van der Waals surface area contributed by atoms with Crippen molar-refractivity contribution in [3.05, 3.63) is 70.3 Å². The van der Waals surface area contributed by atoms with E-state index in [2.05, 4.69) is 0 Å². The van der Waals surface area contributed by atoms with Gasteiger partial charge in [-0.2, -0.15) is 0 Å². The first-order chi connectivity index (χ1) is 9.16. The number of hydrogen-bond acceptors (Lipinski definition) is 2. The average molecular weight is 267 g/mol. The molecular weight excluding hydrogens is 254 g/mol. The molecule has 94 valence electrons. The Morgan fingerprint density at radius 3 is 2.42 bits per heavy atom. The third-order valence-corrected chi connectivity index (χ3v) is 3.80. The lowest BCUT2D eigenvalue weighted by Crippen LogP contribution is -2.12. The van der Waals surface area contributed by atoms with Gasteiger partial charge in [-0.05, 0) is 30.0 Å². The first-order valence-corrected chi connectivity index (χ1v) is 6.63. The minimum atomic E-state index is 0.0706. The van der Waals surface area contributed by atoms with Gasteiger partial charge in [-0.3, -0.25) is 4.79 Å². The number of carbonyl (C=O) groups excluding carboxylic acids is 1. The quantitative estimate of drug-likeness (QED) is 0.808. The highest BCUT2D eigenvalue weighted by Crippen LogP contribution is 2.25. The number of nitrogens with two attached hydrogens (primary N) is 1. The highest BCUT2D eigenvalue weighted by molar-refractivity contribution is 7.80. The van der Waals surface area contributed by atoms with Crippen molar-refractivity contribution in [1.29, 1.82) is 0 Å². The minimum absolute atomic E-state index is 0.0706. The number of rotatable bonds is 1. The van der Waals surface area contributed by atoms with Crippen LogP contribution in [-0.2, 0) is 12.8 Å². The number of ketones is 1. The molecule has 0 amide bonds. The summed E-state index contributed by atoms with van der Waals surface area (Å²) in [5.41, 5.74) is 10.1. The van der Waals surface area contributed by atoms with Gasteiger partial charge in [-0.15, -0.1) is 0 Å². The molecule has 2 N–H and O–H groups in total. The zero-order chi connectivity index (χ0) is 13.4. The van der Waals surface area contributed by atoms with Crippen LogP contribution in [0.15, 0.2) is 42.5 Å². The van der Waals surface area contributed by atoms with Crippen molar-refractivity contribution >= 4 is 23.0 Å². The molecule has 0 spiro atoms. The van der Waals surface area contributed by atoms with E-state index < -0.39 is 0 Å². The maximum absolute atomic E-state index is 12.6. The molecule has 3 rings (SSSR count). The summed E-state index contributed by atoms with van der Waals surface area (Å²) in [5.74, 6) is 0.0706. The van der Waals surface area contributed by atoms with Gasteiger partial charge in [-0.1, -0.05) is 48.6 Å². The molecule has 2 aromatic carbocycles. The molecule has 0 saturated heterocycles. The molecule has 2 nitrogen and oxygen atoms in total. The molecule has 2 aromatic rings. The van der Waals surface area contributed by atoms with Crippen LogP contribution in [0.5, 0.6) is 0 Å². The molecule has 0 saturated carbocycles. The van der Waals surface area contributed by atoms with Crippen LogP contribution in [-0.4, -0.2) is 10.8 Å². The summed E-state index contributed by atoms with van der Waals surface area (Å²) in [7, 11) is 0. The molecule has 1 aliphatic carbocycles. The molecule has 0 atom stereocenters. The van der Waals surface area contributed by atoms with Crippen molar-refractivity contribution in [2.75, 3.05) is 0 Å². The third kappa shape index (κ3) is 2.06. The van der Waals surface area contributed by atoms with Crippen molar-refractivity contribution in [3.8, 4) is 0 Å². The number of fused-ring (bicyclic) bond motifs is 2. The highest BCUT2D eigenvalue weighted by atomic mass is 32.1. The monoisotopic (exact) mass is 267 g/mol. The van der Waals surface area contributed by atoms with Gasteiger partial charge < -0.3 is 5.73 Å². The molecule has 0 heterocycles. The Kier molecular flexibility index (Phi) is 2.91. The largest absolute Gasteiger partial charge is 0.389 e. The van der Waals surface area contributed by atoms with Gasteiger partial charge in [0.15, 0.2) is 5.78 Å². The maximum atomic E-state index is 12.6. The number of hydrogen-bond donors (Lipinski definition) is 1. The van der Waals surface area contributed by atoms with Crippen LogP contribution in [0.25, 0.3) is 0 Å². The Morgan fingerprint density at radius 1 is 1.00 bits per heavy atom. The first kappa shape index (κ1) is 12.1. The van der Waals surface area contributed by atoms with E-state index in [1.165, 1.54) is 0 Å².